The maximum absolute atomic E-state index is 13.1. The number of anilines is 1. The number of aromatic nitrogens is 2. The zero-order valence-electron chi connectivity index (χ0n) is 22.4. The van der Waals surface area contributed by atoms with Crippen LogP contribution in [0.2, 0.25) is 0 Å². The van der Waals surface area contributed by atoms with Crippen LogP contribution in [-0.4, -0.2) is 45.7 Å². The van der Waals surface area contributed by atoms with E-state index in [4.69, 9.17) is 9.51 Å². The number of ether oxygens (including phenoxy) is 1. The summed E-state index contributed by atoms with van der Waals surface area (Å²) in [5.74, 6) is -0.321. The van der Waals surface area contributed by atoms with E-state index < -0.39 is 12.3 Å². The normalized spacial score (nSPS) is 21.4. The molecule has 8 nitrogen and oxygen atoms in total. The first kappa shape index (κ1) is 27.5. The molecule has 2 aromatic heterocycles. The lowest BCUT2D eigenvalue weighted by Crippen LogP contribution is -2.52. The third-order valence-electron chi connectivity index (χ3n) is 7.75. The third-order valence-corrected chi connectivity index (χ3v) is 8.78. The minimum Gasteiger partial charge on any atom is -0.478 e. The molecule has 2 aromatic carbocycles. The van der Waals surface area contributed by atoms with Crippen LogP contribution in [0.1, 0.15) is 67.1 Å². The van der Waals surface area contributed by atoms with Crippen molar-refractivity contribution in [3.8, 4) is 17.0 Å². The lowest BCUT2D eigenvalue weighted by atomic mass is 9.92. The number of nitrogens with zero attached hydrogens (tertiary/aromatic N) is 3. The second-order valence-electron chi connectivity index (χ2n) is 10.8. The number of piperidine rings is 1. The number of halogens is 3. The van der Waals surface area contributed by atoms with Gasteiger partial charge < -0.3 is 24.6 Å². The number of thiazole rings is 1. The van der Waals surface area contributed by atoms with Crippen LogP contribution in [-0.2, 0) is 6.54 Å². The van der Waals surface area contributed by atoms with Gasteiger partial charge in [0.25, 0.3) is 0 Å². The number of rotatable bonds is 8. The van der Waals surface area contributed by atoms with Gasteiger partial charge in [0.1, 0.15) is 17.2 Å². The van der Waals surface area contributed by atoms with Gasteiger partial charge in [0.15, 0.2) is 5.13 Å². The number of alkyl halides is 3. The second-order valence-corrected chi connectivity index (χ2v) is 11.8. The van der Waals surface area contributed by atoms with Crippen molar-refractivity contribution < 1.29 is 32.3 Å². The smallest absolute Gasteiger partial charge is 0.478 e. The molecule has 2 fully saturated rings. The molecule has 2 aliphatic rings. The van der Waals surface area contributed by atoms with Gasteiger partial charge in [-0.15, -0.1) is 13.2 Å². The molecule has 1 aliphatic heterocycles. The standard InChI is InChI=1S/C29H29F3N4O4S/c1-15-11-19(12-16(2)36(15)28-34-22-10-9-18(27(37)38)13-24(22)41-28)33-14-21-25(35-40-26(21)17-7-8-17)20-5-3-4-6-23(20)39-29(30,31)32/h3-6,9-10,13,15-17,19,33H,7-8,11-12,14H2,1-2H3,(H,37,38). The molecule has 6 rings (SSSR count). The van der Waals surface area contributed by atoms with E-state index in [0.29, 0.717) is 12.2 Å². The van der Waals surface area contributed by atoms with Crippen molar-refractivity contribution in [1.82, 2.24) is 15.5 Å². The summed E-state index contributed by atoms with van der Waals surface area (Å²) >= 11 is 1.49. The van der Waals surface area contributed by atoms with E-state index in [0.717, 1.165) is 52.4 Å². The quantitative estimate of drug-likeness (QED) is 0.229. The highest BCUT2D eigenvalue weighted by Crippen LogP contribution is 2.45. The van der Waals surface area contributed by atoms with Crippen molar-refractivity contribution in [2.75, 3.05) is 4.90 Å². The fraction of sp³-hybridized carbons (Fsp3) is 0.414. The SMILES string of the molecule is CC1CC(NCc2c(-c3ccccc3OC(F)(F)F)noc2C2CC2)CC(C)N1c1nc2ccc(C(=O)O)cc2s1. The Kier molecular flexibility index (Phi) is 7.14. The maximum atomic E-state index is 13.1. The van der Waals surface area contributed by atoms with E-state index in [1.54, 1.807) is 30.3 Å². The van der Waals surface area contributed by atoms with E-state index in [2.05, 4.69) is 34.0 Å². The number of benzene rings is 2. The molecular formula is C29H29F3N4O4S. The van der Waals surface area contributed by atoms with E-state index in [-0.39, 0.29) is 40.9 Å². The Morgan fingerprint density at radius 3 is 2.59 bits per heavy atom. The average Bonchev–Trinajstić information content (AvgIpc) is 3.52. The Bertz CT molecular complexity index is 1570. The van der Waals surface area contributed by atoms with Gasteiger partial charge in [0.2, 0.25) is 0 Å². The molecule has 0 amide bonds. The lowest BCUT2D eigenvalue weighted by molar-refractivity contribution is -0.274. The minimum absolute atomic E-state index is 0.153. The molecule has 4 aromatic rings. The van der Waals surface area contributed by atoms with Gasteiger partial charge in [-0.05, 0) is 69.9 Å². The molecule has 12 heteroatoms. The zero-order valence-corrected chi connectivity index (χ0v) is 23.3. The van der Waals surface area contributed by atoms with Crippen molar-refractivity contribution in [2.24, 2.45) is 0 Å². The van der Waals surface area contributed by atoms with Gasteiger partial charge in [-0.3, -0.25) is 0 Å². The van der Waals surface area contributed by atoms with Gasteiger partial charge in [0, 0.05) is 41.7 Å². The number of carbonyl (C=O) groups is 1. The van der Waals surface area contributed by atoms with Gasteiger partial charge in [0.05, 0.1) is 15.8 Å². The number of hydrogen-bond acceptors (Lipinski definition) is 8. The van der Waals surface area contributed by atoms with Crippen LogP contribution >= 0.6 is 11.3 Å². The average molecular weight is 587 g/mol. The molecule has 3 heterocycles. The fourth-order valence-electron chi connectivity index (χ4n) is 5.77. The van der Waals surface area contributed by atoms with E-state index in [9.17, 15) is 23.1 Å². The highest BCUT2D eigenvalue weighted by Gasteiger charge is 2.37. The van der Waals surface area contributed by atoms with E-state index in [1.807, 2.05) is 0 Å². The number of fused-ring (bicyclic) bond motifs is 1. The minimum atomic E-state index is -4.82. The van der Waals surface area contributed by atoms with Crippen molar-refractivity contribution in [3.63, 3.8) is 0 Å². The molecule has 2 unspecified atom stereocenters. The zero-order chi connectivity index (χ0) is 28.9. The first-order chi connectivity index (χ1) is 19.6. The summed E-state index contributed by atoms with van der Waals surface area (Å²) in [5.41, 5.74) is 2.40. The summed E-state index contributed by atoms with van der Waals surface area (Å²) < 4.78 is 50.1. The first-order valence-corrected chi connectivity index (χ1v) is 14.4. The van der Waals surface area contributed by atoms with Crippen molar-refractivity contribution in [2.45, 2.75) is 76.5 Å². The third kappa shape index (κ3) is 5.76. The summed E-state index contributed by atoms with van der Waals surface area (Å²) in [6.45, 7) is 4.70. The Hall–Kier alpha value is -3.64. The molecule has 2 N–H and O–H groups in total. The monoisotopic (exact) mass is 586 g/mol. The van der Waals surface area contributed by atoms with Gasteiger partial charge in [-0.2, -0.15) is 0 Å². The number of nitrogens with one attached hydrogen (secondary N) is 1. The summed E-state index contributed by atoms with van der Waals surface area (Å²) in [6, 6.07) is 11.4. The van der Waals surface area contributed by atoms with Crippen LogP contribution in [0.3, 0.4) is 0 Å². The molecule has 1 aliphatic carbocycles. The second kappa shape index (κ2) is 10.6. The van der Waals surface area contributed by atoms with Crippen molar-refractivity contribution in [1.29, 1.82) is 0 Å². The molecule has 0 bridgehead atoms. The highest BCUT2D eigenvalue weighted by atomic mass is 32.1. The number of para-hydroxylation sites is 1. The highest BCUT2D eigenvalue weighted by molar-refractivity contribution is 7.22. The van der Waals surface area contributed by atoms with Crippen LogP contribution in [0.15, 0.2) is 47.0 Å². The van der Waals surface area contributed by atoms with Gasteiger partial charge >= 0.3 is 12.3 Å². The molecule has 41 heavy (non-hydrogen) atoms. The Morgan fingerprint density at radius 1 is 1.17 bits per heavy atom. The summed E-state index contributed by atoms with van der Waals surface area (Å²) in [6.07, 6.45) is -1.24. The topological polar surface area (TPSA) is 101 Å². The predicted molar refractivity (Wildman–Crippen MR) is 148 cm³/mol. The van der Waals surface area contributed by atoms with Crippen LogP contribution in [0.25, 0.3) is 21.5 Å². The van der Waals surface area contributed by atoms with Crippen LogP contribution < -0.4 is 15.0 Å². The Morgan fingerprint density at radius 2 is 1.90 bits per heavy atom. The maximum Gasteiger partial charge on any atom is 0.573 e. The van der Waals surface area contributed by atoms with Crippen LogP contribution in [0.4, 0.5) is 18.3 Å². The lowest BCUT2D eigenvalue weighted by Gasteiger charge is -2.43. The Balaban J connectivity index is 1.20. The van der Waals surface area contributed by atoms with Crippen molar-refractivity contribution in [3.05, 3.63) is 59.4 Å². The number of carboxylic acid groups (broad SMARTS) is 1. The molecule has 0 spiro atoms. The summed E-state index contributed by atoms with van der Waals surface area (Å²) in [7, 11) is 0. The predicted octanol–water partition coefficient (Wildman–Crippen LogP) is 6.96. The first-order valence-electron chi connectivity index (χ1n) is 13.6. The molecule has 216 valence electrons. The molecule has 1 saturated carbocycles. The van der Waals surface area contributed by atoms with E-state index in [1.165, 1.54) is 23.5 Å². The van der Waals surface area contributed by atoms with Gasteiger partial charge in [-0.25, -0.2) is 9.78 Å². The van der Waals surface area contributed by atoms with Crippen LogP contribution in [0, 0.1) is 0 Å². The summed E-state index contributed by atoms with van der Waals surface area (Å²) in [5, 5.41) is 18.0. The largest absolute Gasteiger partial charge is 0.573 e. The molecule has 2 atom stereocenters. The van der Waals surface area contributed by atoms with Gasteiger partial charge in [-0.1, -0.05) is 28.6 Å². The molecular weight excluding hydrogens is 557 g/mol. The molecule has 0 radical (unpaired) electrons. The number of aromatic carboxylic acids is 1. The van der Waals surface area contributed by atoms with Crippen molar-refractivity contribution >= 4 is 32.7 Å². The van der Waals surface area contributed by atoms with E-state index >= 15 is 0 Å². The Labute approximate surface area is 238 Å². The van der Waals surface area contributed by atoms with Crippen LogP contribution in [0.5, 0.6) is 5.75 Å². The summed E-state index contributed by atoms with van der Waals surface area (Å²) in [4.78, 5) is 18.5. The fourth-order valence-corrected chi connectivity index (χ4v) is 6.98. The molecule has 1 saturated heterocycles. The number of carboxylic acids is 1. The number of hydrogen-bond donors (Lipinski definition) is 2.